The van der Waals surface area contributed by atoms with Crippen molar-refractivity contribution in [2.45, 2.75) is 0 Å². The van der Waals surface area contributed by atoms with Gasteiger partial charge in [0.15, 0.2) is 5.82 Å². The molecule has 0 amide bonds. The maximum absolute atomic E-state index is 12.5. The standard InChI is InChI=1S/C47H32N4O2/c1-50-40-25-23-35(27-41(40)51(2)47(50)52)29-15-19-32(20-16-29)38-28-39(49-46(48-38)34-10-4-3-5-11-34)33-21-17-31(18-22-33)37-13-8-14-42-44(37)45-36-12-7-6-9-30(36)24-26-43(45)53-42/h3-28H,1-2H3. The van der Waals surface area contributed by atoms with Crippen molar-refractivity contribution < 1.29 is 4.42 Å². The quantitative estimate of drug-likeness (QED) is 0.181. The SMILES string of the molecule is Cn1c(=O)n(C)c2cc(-c3ccc(-c4cc(-c5ccc(-c6cccc7oc8ccc9ccccc9c8c67)cc5)nc(-c5ccccc5)n4)cc3)ccc21. The first kappa shape index (κ1) is 30.7. The van der Waals surface area contributed by atoms with Gasteiger partial charge in [0.05, 0.1) is 22.4 Å². The molecule has 0 saturated carbocycles. The van der Waals surface area contributed by atoms with Crippen LogP contribution in [-0.4, -0.2) is 19.1 Å². The van der Waals surface area contributed by atoms with Crippen molar-refractivity contribution in [3.8, 4) is 56.2 Å². The topological polar surface area (TPSA) is 65.8 Å². The maximum atomic E-state index is 12.5. The Labute approximate surface area is 304 Å². The third kappa shape index (κ3) is 5.06. The zero-order valence-electron chi connectivity index (χ0n) is 29.1. The smallest absolute Gasteiger partial charge is 0.328 e. The summed E-state index contributed by atoms with van der Waals surface area (Å²) in [5.74, 6) is 0.670. The minimum absolute atomic E-state index is 0.0337. The van der Waals surface area contributed by atoms with Crippen molar-refractivity contribution >= 4 is 43.7 Å². The molecule has 3 heterocycles. The fourth-order valence-electron chi connectivity index (χ4n) is 7.63. The van der Waals surface area contributed by atoms with Gasteiger partial charge in [0.1, 0.15) is 11.2 Å². The Balaban J connectivity index is 1.05. The van der Waals surface area contributed by atoms with Crippen molar-refractivity contribution in [1.29, 1.82) is 0 Å². The van der Waals surface area contributed by atoms with Crippen LogP contribution in [0.25, 0.3) is 99.9 Å². The molecule has 0 aliphatic carbocycles. The third-order valence-electron chi connectivity index (χ3n) is 10.4. The Morgan fingerprint density at radius 1 is 0.472 bits per heavy atom. The molecule has 0 N–H and O–H groups in total. The normalized spacial score (nSPS) is 11.7. The number of aryl methyl sites for hydroxylation is 2. The fourth-order valence-corrected chi connectivity index (χ4v) is 7.63. The molecule has 6 nitrogen and oxygen atoms in total. The second-order valence-electron chi connectivity index (χ2n) is 13.5. The summed E-state index contributed by atoms with van der Waals surface area (Å²) in [6, 6.07) is 54.3. The molecular weight excluding hydrogens is 653 g/mol. The summed E-state index contributed by atoms with van der Waals surface area (Å²) in [4.78, 5) is 22.6. The average Bonchev–Trinajstić information content (AvgIpc) is 3.72. The largest absolute Gasteiger partial charge is 0.456 e. The van der Waals surface area contributed by atoms with Gasteiger partial charge in [-0.25, -0.2) is 14.8 Å². The van der Waals surface area contributed by atoms with Gasteiger partial charge in [0, 0.05) is 41.6 Å². The highest BCUT2D eigenvalue weighted by Crippen LogP contribution is 2.40. The fraction of sp³-hybridized carbons (Fsp3) is 0.0426. The van der Waals surface area contributed by atoms with Gasteiger partial charge in [-0.3, -0.25) is 9.13 Å². The van der Waals surface area contributed by atoms with Gasteiger partial charge in [-0.15, -0.1) is 0 Å². The molecule has 0 saturated heterocycles. The lowest BCUT2D eigenvalue weighted by Crippen LogP contribution is -2.19. The van der Waals surface area contributed by atoms with E-state index in [1.54, 1.807) is 16.2 Å². The molecule has 7 aromatic carbocycles. The predicted octanol–water partition coefficient (Wildman–Crippen LogP) is 11.1. The first-order chi connectivity index (χ1) is 26.0. The van der Waals surface area contributed by atoms with Gasteiger partial charge in [0.2, 0.25) is 0 Å². The van der Waals surface area contributed by atoms with E-state index < -0.39 is 0 Å². The minimum atomic E-state index is -0.0337. The summed E-state index contributed by atoms with van der Waals surface area (Å²) in [7, 11) is 3.61. The second-order valence-corrected chi connectivity index (χ2v) is 13.5. The van der Waals surface area contributed by atoms with Crippen molar-refractivity contribution in [1.82, 2.24) is 19.1 Å². The zero-order valence-corrected chi connectivity index (χ0v) is 29.1. The van der Waals surface area contributed by atoms with E-state index in [2.05, 4.69) is 115 Å². The van der Waals surface area contributed by atoms with Gasteiger partial charge in [-0.1, -0.05) is 127 Å². The first-order valence-corrected chi connectivity index (χ1v) is 17.6. The molecule has 3 aromatic heterocycles. The van der Waals surface area contributed by atoms with Crippen molar-refractivity contribution in [3.63, 3.8) is 0 Å². The molecule has 0 atom stereocenters. The summed E-state index contributed by atoms with van der Waals surface area (Å²) in [6.07, 6.45) is 0. The highest BCUT2D eigenvalue weighted by molar-refractivity contribution is 6.22. The van der Waals surface area contributed by atoms with Crippen LogP contribution in [0, 0.1) is 0 Å². The van der Waals surface area contributed by atoms with Crippen LogP contribution in [0.4, 0.5) is 0 Å². The lowest BCUT2D eigenvalue weighted by Gasteiger charge is -2.11. The lowest BCUT2D eigenvalue weighted by atomic mass is 9.95. The van der Waals surface area contributed by atoms with E-state index in [4.69, 9.17) is 14.4 Å². The van der Waals surface area contributed by atoms with Crippen molar-refractivity contribution in [2.75, 3.05) is 0 Å². The van der Waals surface area contributed by atoms with Gasteiger partial charge in [-0.05, 0) is 63.4 Å². The summed E-state index contributed by atoms with van der Waals surface area (Å²) >= 11 is 0. The highest BCUT2D eigenvalue weighted by Gasteiger charge is 2.16. The highest BCUT2D eigenvalue weighted by atomic mass is 16.3. The Bertz CT molecular complexity index is 3080. The van der Waals surface area contributed by atoms with Crippen LogP contribution >= 0.6 is 0 Å². The number of hydrogen-bond donors (Lipinski definition) is 0. The molecule has 0 bridgehead atoms. The Hall–Kier alpha value is -7.05. The monoisotopic (exact) mass is 684 g/mol. The van der Waals surface area contributed by atoms with Crippen LogP contribution in [0.5, 0.6) is 0 Å². The van der Waals surface area contributed by atoms with Gasteiger partial charge >= 0.3 is 5.69 Å². The number of fused-ring (bicyclic) bond motifs is 6. The predicted molar refractivity (Wildman–Crippen MR) is 216 cm³/mol. The first-order valence-electron chi connectivity index (χ1n) is 17.6. The molecule has 0 aliphatic rings. The summed E-state index contributed by atoms with van der Waals surface area (Å²) < 4.78 is 9.72. The van der Waals surface area contributed by atoms with E-state index in [9.17, 15) is 4.79 Å². The lowest BCUT2D eigenvalue weighted by molar-refractivity contribution is 0.669. The molecule has 10 rings (SSSR count). The van der Waals surface area contributed by atoms with Crippen LogP contribution in [-0.2, 0) is 14.1 Å². The zero-order chi connectivity index (χ0) is 35.6. The van der Waals surface area contributed by atoms with E-state index >= 15 is 0 Å². The molecular formula is C47H32N4O2. The number of hydrogen-bond acceptors (Lipinski definition) is 4. The molecule has 53 heavy (non-hydrogen) atoms. The Morgan fingerprint density at radius 3 is 1.85 bits per heavy atom. The molecule has 0 radical (unpaired) electrons. The van der Waals surface area contributed by atoms with Crippen LogP contribution in [0.15, 0.2) is 167 Å². The summed E-state index contributed by atoms with van der Waals surface area (Å²) in [5, 5.41) is 4.65. The third-order valence-corrected chi connectivity index (χ3v) is 10.4. The minimum Gasteiger partial charge on any atom is -0.456 e. The number of rotatable bonds is 5. The Morgan fingerprint density at radius 2 is 1.09 bits per heavy atom. The van der Waals surface area contributed by atoms with E-state index in [0.717, 1.165) is 83.3 Å². The van der Waals surface area contributed by atoms with Crippen molar-refractivity contribution in [3.05, 3.63) is 168 Å². The van der Waals surface area contributed by atoms with Crippen LogP contribution in [0.1, 0.15) is 0 Å². The van der Waals surface area contributed by atoms with Gasteiger partial charge in [-0.2, -0.15) is 0 Å². The number of benzene rings is 7. The number of imidazole rings is 1. The van der Waals surface area contributed by atoms with E-state index in [1.807, 2.05) is 49.5 Å². The summed E-state index contributed by atoms with van der Waals surface area (Å²) in [6.45, 7) is 0. The maximum Gasteiger partial charge on any atom is 0.328 e. The van der Waals surface area contributed by atoms with Crippen LogP contribution in [0.3, 0.4) is 0 Å². The van der Waals surface area contributed by atoms with E-state index in [-0.39, 0.29) is 5.69 Å². The number of aromatic nitrogens is 4. The Kier molecular flexibility index (Phi) is 6.98. The average molecular weight is 685 g/mol. The second kappa shape index (κ2) is 12.0. The van der Waals surface area contributed by atoms with Gasteiger partial charge in [0.25, 0.3) is 0 Å². The number of nitrogens with zero attached hydrogens (tertiary/aromatic N) is 4. The van der Waals surface area contributed by atoms with Crippen LogP contribution < -0.4 is 5.69 Å². The molecule has 10 aromatic rings. The molecule has 0 unspecified atom stereocenters. The van der Waals surface area contributed by atoms with E-state index in [1.165, 1.54) is 10.8 Å². The van der Waals surface area contributed by atoms with Gasteiger partial charge < -0.3 is 4.42 Å². The van der Waals surface area contributed by atoms with E-state index in [0.29, 0.717) is 5.82 Å². The van der Waals surface area contributed by atoms with Crippen molar-refractivity contribution in [2.24, 2.45) is 14.1 Å². The molecule has 6 heteroatoms. The molecule has 0 fully saturated rings. The molecule has 252 valence electrons. The summed E-state index contributed by atoms with van der Waals surface area (Å²) in [5.41, 5.74) is 12.5. The molecule has 0 aliphatic heterocycles. The molecule has 0 spiro atoms. The number of furan rings is 1. The van der Waals surface area contributed by atoms with Crippen LogP contribution in [0.2, 0.25) is 0 Å².